The van der Waals surface area contributed by atoms with E-state index in [-0.39, 0.29) is 11.8 Å². The summed E-state index contributed by atoms with van der Waals surface area (Å²) < 4.78 is 0. The molecule has 0 aromatic heterocycles. The van der Waals surface area contributed by atoms with Crippen molar-refractivity contribution in [3.63, 3.8) is 0 Å². The number of aliphatic hydroxyl groups is 1. The molecule has 1 fully saturated rings. The molecule has 2 aromatic carbocycles. The molecule has 0 radical (unpaired) electrons. The lowest BCUT2D eigenvalue weighted by molar-refractivity contribution is -0.124. The molecule has 0 bridgehead atoms. The molecule has 4 N–H and O–H groups in total. The number of hydrogen-bond donors (Lipinski definition) is 3. The molecule has 148 valence electrons. The fraction of sp³-hybridized carbons (Fsp3) is 0.435. The smallest absolute Gasteiger partial charge is 0.243 e. The van der Waals surface area contributed by atoms with Crippen molar-refractivity contribution in [3.8, 4) is 0 Å². The van der Waals surface area contributed by atoms with Crippen molar-refractivity contribution < 1.29 is 9.90 Å². The van der Waals surface area contributed by atoms with E-state index in [1.165, 1.54) is 5.56 Å². The minimum atomic E-state index is -0.719. The van der Waals surface area contributed by atoms with Crippen LogP contribution < -0.4 is 16.0 Å². The first-order chi connectivity index (χ1) is 13.6. The standard InChI is InChI=1S/C23H29N3O2/c24-22(28)23(12-14-25-15-13-23)26(19-7-2-1-3-8-19)16-18-11-10-17-6-4-5-9-20(17)21(18)27/h1-9,18,21,25,27H,10-16H2,(H2,24,28). The van der Waals surface area contributed by atoms with Crippen LogP contribution in [-0.2, 0) is 11.2 Å². The summed E-state index contributed by atoms with van der Waals surface area (Å²) in [6, 6.07) is 18.2. The number of nitrogens with zero attached hydrogens (tertiary/aromatic N) is 1. The van der Waals surface area contributed by atoms with E-state index < -0.39 is 11.6 Å². The van der Waals surface area contributed by atoms with E-state index in [2.05, 4.69) is 16.3 Å². The Morgan fingerprint density at radius 3 is 2.50 bits per heavy atom. The second-order valence-electron chi connectivity index (χ2n) is 8.03. The van der Waals surface area contributed by atoms with Crippen molar-refractivity contribution in [3.05, 3.63) is 65.7 Å². The Kier molecular flexibility index (Phi) is 5.38. The highest BCUT2D eigenvalue weighted by atomic mass is 16.3. The molecule has 2 atom stereocenters. The molecular weight excluding hydrogens is 350 g/mol. The van der Waals surface area contributed by atoms with Gasteiger partial charge in [0.1, 0.15) is 5.54 Å². The molecule has 5 nitrogen and oxygen atoms in total. The zero-order chi connectivity index (χ0) is 19.6. The molecule has 2 aromatic rings. The summed E-state index contributed by atoms with van der Waals surface area (Å²) in [4.78, 5) is 14.9. The lowest BCUT2D eigenvalue weighted by Crippen LogP contribution is -2.63. The Balaban J connectivity index is 1.68. The highest BCUT2D eigenvalue weighted by molar-refractivity contribution is 5.89. The molecule has 0 saturated carbocycles. The quantitative estimate of drug-likeness (QED) is 0.745. The lowest BCUT2D eigenvalue weighted by Gasteiger charge is -2.48. The predicted octanol–water partition coefficient (Wildman–Crippen LogP) is 2.40. The fourth-order valence-electron chi connectivity index (χ4n) is 4.85. The van der Waals surface area contributed by atoms with Crippen LogP contribution in [-0.4, -0.2) is 36.2 Å². The van der Waals surface area contributed by atoms with E-state index in [4.69, 9.17) is 5.73 Å². The molecule has 0 spiro atoms. The third-order valence-electron chi connectivity index (χ3n) is 6.50. The number of nitrogens with two attached hydrogens (primary N) is 1. The highest BCUT2D eigenvalue weighted by Crippen LogP contribution is 2.39. The minimum absolute atomic E-state index is 0.0567. The first-order valence-corrected chi connectivity index (χ1v) is 10.2. The van der Waals surface area contributed by atoms with Gasteiger partial charge in [-0.05, 0) is 62.0 Å². The topological polar surface area (TPSA) is 78.6 Å². The van der Waals surface area contributed by atoms with E-state index in [1.54, 1.807) is 0 Å². The molecule has 1 heterocycles. The number of rotatable bonds is 5. The minimum Gasteiger partial charge on any atom is -0.388 e. The number of fused-ring (bicyclic) bond motifs is 1. The molecule has 2 aliphatic rings. The number of aliphatic hydroxyl groups excluding tert-OH is 1. The SMILES string of the molecule is NC(=O)C1(N(CC2CCc3ccccc3C2O)c2ccccc2)CCNCC1. The van der Waals surface area contributed by atoms with Gasteiger partial charge in [-0.2, -0.15) is 0 Å². The number of para-hydroxylation sites is 1. The molecule has 4 rings (SSSR count). The molecule has 1 saturated heterocycles. The largest absolute Gasteiger partial charge is 0.388 e. The number of amides is 1. The van der Waals surface area contributed by atoms with Gasteiger partial charge in [-0.15, -0.1) is 0 Å². The molecular formula is C23H29N3O2. The predicted molar refractivity (Wildman–Crippen MR) is 111 cm³/mol. The maximum atomic E-state index is 12.7. The van der Waals surface area contributed by atoms with Crippen molar-refractivity contribution in [2.45, 2.75) is 37.3 Å². The maximum absolute atomic E-state index is 12.7. The number of carbonyl (C=O) groups is 1. The van der Waals surface area contributed by atoms with Crippen molar-refractivity contribution in [2.24, 2.45) is 11.7 Å². The van der Waals surface area contributed by atoms with Gasteiger partial charge in [0.05, 0.1) is 6.10 Å². The van der Waals surface area contributed by atoms with Crippen molar-refractivity contribution in [2.75, 3.05) is 24.5 Å². The van der Waals surface area contributed by atoms with Gasteiger partial charge in [0, 0.05) is 18.2 Å². The summed E-state index contributed by atoms with van der Waals surface area (Å²) in [6.45, 7) is 2.15. The number of hydrogen-bond acceptors (Lipinski definition) is 4. The number of aryl methyl sites for hydroxylation is 1. The van der Waals surface area contributed by atoms with Crippen LogP contribution in [0.5, 0.6) is 0 Å². The monoisotopic (exact) mass is 379 g/mol. The van der Waals surface area contributed by atoms with E-state index >= 15 is 0 Å². The fourth-order valence-corrected chi connectivity index (χ4v) is 4.85. The third kappa shape index (κ3) is 3.40. The van der Waals surface area contributed by atoms with Gasteiger partial charge in [0.15, 0.2) is 0 Å². The normalized spacial score (nSPS) is 23.6. The van der Waals surface area contributed by atoms with Crippen LogP contribution in [0.4, 0.5) is 5.69 Å². The van der Waals surface area contributed by atoms with Crippen LogP contribution in [0.25, 0.3) is 0 Å². The molecule has 1 aliphatic heterocycles. The van der Waals surface area contributed by atoms with Gasteiger partial charge in [-0.3, -0.25) is 4.79 Å². The second-order valence-corrected chi connectivity index (χ2v) is 8.03. The van der Waals surface area contributed by atoms with Crippen LogP contribution in [0.2, 0.25) is 0 Å². The van der Waals surface area contributed by atoms with E-state index in [0.29, 0.717) is 19.4 Å². The van der Waals surface area contributed by atoms with Crippen LogP contribution in [0, 0.1) is 5.92 Å². The van der Waals surface area contributed by atoms with Crippen molar-refractivity contribution in [1.82, 2.24) is 5.32 Å². The van der Waals surface area contributed by atoms with Gasteiger partial charge < -0.3 is 21.1 Å². The first kappa shape index (κ1) is 19.0. The number of benzene rings is 2. The van der Waals surface area contributed by atoms with Crippen LogP contribution in [0.3, 0.4) is 0 Å². The number of anilines is 1. The lowest BCUT2D eigenvalue weighted by atomic mass is 9.79. The zero-order valence-corrected chi connectivity index (χ0v) is 16.2. The van der Waals surface area contributed by atoms with Crippen LogP contribution in [0.1, 0.15) is 36.5 Å². The number of piperidine rings is 1. The Morgan fingerprint density at radius 1 is 1.11 bits per heavy atom. The Morgan fingerprint density at radius 2 is 1.79 bits per heavy atom. The number of nitrogens with one attached hydrogen (secondary N) is 1. The van der Waals surface area contributed by atoms with Gasteiger partial charge in [0.2, 0.25) is 5.91 Å². The number of primary amides is 1. The van der Waals surface area contributed by atoms with Crippen molar-refractivity contribution in [1.29, 1.82) is 0 Å². The second kappa shape index (κ2) is 7.94. The molecule has 2 unspecified atom stereocenters. The molecule has 5 heteroatoms. The van der Waals surface area contributed by atoms with Gasteiger partial charge in [-0.1, -0.05) is 42.5 Å². The van der Waals surface area contributed by atoms with Gasteiger partial charge in [-0.25, -0.2) is 0 Å². The summed E-state index contributed by atoms with van der Waals surface area (Å²) in [5.41, 5.74) is 8.51. The van der Waals surface area contributed by atoms with Crippen LogP contribution >= 0.6 is 0 Å². The van der Waals surface area contributed by atoms with Gasteiger partial charge >= 0.3 is 0 Å². The summed E-state index contributed by atoms with van der Waals surface area (Å²) in [6.07, 6.45) is 2.68. The van der Waals surface area contributed by atoms with E-state index in [1.807, 2.05) is 48.5 Å². The first-order valence-electron chi connectivity index (χ1n) is 10.2. The molecule has 28 heavy (non-hydrogen) atoms. The zero-order valence-electron chi connectivity index (χ0n) is 16.2. The summed E-state index contributed by atoms with van der Waals surface area (Å²) in [5.74, 6) is -0.218. The molecule has 1 aliphatic carbocycles. The summed E-state index contributed by atoms with van der Waals surface area (Å²) in [7, 11) is 0. The highest BCUT2D eigenvalue weighted by Gasteiger charge is 2.45. The van der Waals surface area contributed by atoms with Gasteiger partial charge in [0.25, 0.3) is 0 Å². The van der Waals surface area contributed by atoms with Crippen molar-refractivity contribution >= 4 is 11.6 Å². The Bertz CT molecular complexity index is 818. The third-order valence-corrected chi connectivity index (χ3v) is 6.50. The average Bonchev–Trinajstić information content (AvgIpc) is 2.74. The Hall–Kier alpha value is -2.37. The molecule has 1 amide bonds. The number of carbonyl (C=O) groups excluding carboxylic acids is 1. The summed E-state index contributed by atoms with van der Waals surface area (Å²) >= 11 is 0. The maximum Gasteiger partial charge on any atom is 0.243 e. The average molecular weight is 380 g/mol. The van der Waals surface area contributed by atoms with E-state index in [0.717, 1.165) is 37.2 Å². The van der Waals surface area contributed by atoms with E-state index in [9.17, 15) is 9.90 Å². The Labute approximate surface area is 166 Å². The summed E-state index contributed by atoms with van der Waals surface area (Å²) in [5, 5.41) is 14.4. The van der Waals surface area contributed by atoms with Crippen LogP contribution in [0.15, 0.2) is 54.6 Å².